The maximum Gasteiger partial charge on any atom is 0.271 e. The minimum atomic E-state index is -0.285. The Balaban J connectivity index is 2.16. The van der Waals surface area contributed by atoms with Crippen molar-refractivity contribution in [2.75, 3.05) is 7.11 Å². The molecule has 2 aromatic carbocycles. The molecule has 0 radical (unpaired) electrons. The first kappa shape index (κ1) is 16.0. The van der Waals surface area contributed by atoms with Crippen LogP contribution < -0.4 is 10.2 Å². The summed E-state index contributed by atoms with van der Waals surface area (Å²) in [6, 6.07) is 14.3. The summed E-state index contributed by atoms with van der Waals surface area (Å²) in [5.41, 5.74) is 4.71. The molecule has 22 heavy (non-hydrogen) atoms. The lowest BCUT2D eigenvalue weighted by Gasteiger charge is -2.06. The van der Waals surface area contributed by atoms with Gasteiger partial charge in [0.05, 0.1) is 12.8 Å². The molecule has 0 aliphatic rings. The van der Waals surface area contributed by atoms with Crippen molar-refractivity contribution in [2.24, 2.45) is 5.10 Å². The smallest absolute Gasteiger partial charge is 0.271 e. The van der Waals surface area contributed by atoms with Crippen LogP contribution in [0.3, 0.4) is 0 Å². The van der Waals surface area contributed by atoms with Gasteiger partial charge in [0.2, 0.25) is 0 Å². The summed E-state index contributed by atoms with van der Waals surface area (Å²) in [5, 5.41) is 4.84. The predicted molar refractivity (Wildman–Crippen MR) is 88.7 cm³/mol. The van der Waals surface area contributed by atoms with E-state index in [1.165, 1.54) is 0 Å². The normalized spacial score (nSPS) is 11.1. The monoisotopic (exact) mass is 316 g/mol. The van der Waals surface area contributed by atoms with Crippen LogP contribution in [0.1, 0.15) is 29.3 Å². The number of carbonyl (C=O) groups excluding carboxylic acids is 1. The molecule has 4 nitrogen and oxygen atoms in total. The SMILES string of the molecule is CC/C(=N\NC(=O)c1cccc(OC)c1)c1cccc(Cl)c1. The van der Waals surface area contributed by atoms with Gasteiger partial charge in [0.25, 0.3) is 5.91 Å². The van der Waals surface area contributed by atoms with Crippen LogP contribution in [0.2, 0.25) is 5.02 Å². The molecule has 0 unspecified atom stereocenters. The van der Waals surface area contributed by atoms with Crippen LogP contribution in [-0.2, 0) is 0 Å². The summed E-state index contributed by atoms with van der Waals surface area (Å²) in [4.78, 5) is 12.1. The fraction of sp³-hybridized carbons (Fsp3) is 0.176. The molecule has 0 aromatic heterocycles. The minimum absolute atomic E-state index is 0.285. The zero-order valence-electron chi connectivity index (χ0n) is 12.5. The van der Waals surface area contributed by atoms with E-state index in [2.05, 4.69) is 10.5 Å². The van der Waals surface area contributed by atoms with Crippen molar-refractivity contribution < 1.29 is 9.53 Å². The summed E-state index contributed by atoms with van der Waals surface area (Å²) in [5.74, 6) is 0.342. The summed E-state index contributed by atoms with van der Waals surface area (Å²) in [6.07, 6.45) is 0.679. The van der Waals surface area contributed by atoms with E-state index in [-0.39, 0.29) is 5.91 Å². The maximum absolute atomic E-state index is 12.1. The van der Waals surface area contributed by atoms with Crippen molar-refractivity contribution in [3.05, 3.63) is 64.7 Å². The molecule has 0 heterocycles. The maximum atomic E-state index is 12.1. The van der Waals surface area contributed by atoms with Gasteiger partial charge in [0.15, 0.2) is 0 Å². The lowest BCUT2D eigenvalue weighted by Crippen LogP contribution is -2.20. The molecule has 5 heteroatoms. The van der Waals surface area contributed by atoms with Gasteiger partial charge in [-0.05, 0) is 42.3 Å². The highest BCUT2D eigenvalue weighted by Gasteiger charge is 2.07. The molecule has 1 N–H and O–H groups in total. The van der Waals surface area contributed by atoms with Gasteiger partial charge in [-0.2, -0.15) is 5.10 Å². The number of carbonyl (C=O) groups is 1. The van der Waals surface area contributed by atoms with E-state index >= 15 is 0 Å². The molecule has 0 saturated carbocycles. The Hall–Kier alpha value is -2.33. The predicted octanol–water partition coefficient (Wildman–Crippen LogP) is 3.89. The van der Waals surface area contributed by atoms with Crippen LogP contribution in [0, 0.1) is 0 Å². The van der Waals surface area contributed by atoms with E-state index in [0.717, 1.165) is 11.3 Å². The largest absolute Gasteiger partial charge is 0.497 e. The molecule has 0 spiro atoms. The molecule has 0 aliphatic carbocycles. The van der Waals surface area contributed by atoms with Crippen LogP contribution >= 0.6 is 11.6 Å². The second-order valence-electron chi connectivity index (χ2n) is 4.60. The molecule has 2 aromatic rings. The van der Waals surface area contributed by atoms with Crippen molar-refractivity contribution in [3.8, 4) is 5.75 Å². The van der Waals surface area contributed by atoms with Gasteiger partial charge in [-0.15, -0.1) is 0 Å². The van der Waals surface area contributed by atoms with Crippen molar-refractivity contribution in [2.45, 2.75) is 13.3 Å². The van der Waals surface area contributed by atoms with Crippen LogP contribution in [0.25, 0.3) is 0 Å². The number of nitrogens with one attached hydrogen (secondary N) is 1. The first-order valence-electron chi connectivity index (χ1n) is 6.91. The summed E-state index contributed by atoms with van der Waals surface area (Å²) < 4.78 is 5.10. The second kappa shape index (κ2) is 7.61. The zero-order chi connectivity index (χ0) is 15.9. The molecule has 0 saturated heterocycles. The quantitative estimate of drug-likeness (QED) is 0.672. The number of hydrazone groups is 1. The molecular formula is C17H17ClN2O2. The number of amides is 1. The Morgan fingerprint density at radius 3 is 2.59 bits per heavy atom. The molecule has 1 amide bonds. The van der Waals surface area contributed by atoms with Gasteiger partial charge in [-0.25, -0.2) is 5.43 Å². The highest BCUT2D eigenvalue weighted by molar-refractivity contribution is 6.31. The van der Waals surface area contributed by atoms with Gasteiger partial charge in [0.1, 0.15) is 5.75 Å². The van der Waals surface area contributed by atoms with Crippen LogP contribution in [0.15, 0.2) is 53.6 Å². The van der Waals surface area contributed by atoms with Gasteiger partial charge >= 0.3 is 0 Å². The first-order chi connectivity index (χ1) is 10.6. The van der Waals surface area contributed by atoms with Gasteiger partial charge in [-0.3, -0.25) is 4.79 Å². The molecule has 2 rings (SSSR count). The van der Waals surface area contributed by atoms with E-state index < -0.39 is 0 Å². The zero-order valence-corrected chi connectivity index (χ0v) is 13.2. The fourth-order valence-corrected chi connectivity index (χ4v) is 2.15. The van der Waals surface area contributed by atoms with Gasteiger partial charge < -0.3 is 4.74 Å². The van der Waals surface area contributed by atoms with E-state index in [4.69, 9.17) is 16.3 Å². The van der Waals surface area contributed by atoms with Gasteiger partial charge in [-0.1, -0.05) is 36.7 Å². The Morgan fingerprint density at radius 2 is 1.91 bits per heavy atom. The van der Waals surface area contributed by atoms with Crippen LogP contribution in [-0.4, -0.2) is 18.7 Å². The molecule has 0 aliphatic heterocycles. The van der Waals surface area contributed by atoms with Crippen molar-refractivity contribution in [3.63, 3.8) is 0 Å². The number of halogens is 1. The Labute approximate surface area is 134 Å². The number of ether oxygens (including phenoxy) is 1. The molecule has 114 valence electrons. The third-order valence-electron chi connectivity index (χ3n) is 3.12. The Kier molecular flexibility index (Phi) is 5.55. The number of hydrogen-bond donors (Lipinski definition) is 1. The summed E-state index contributed by atoms with van der Waals surface area (Å²) in [7, 11) is 1.56. The number of hydrogen-bond acceptors (Lipinski definition) is 3. The van der Waals surface area contributed by atoms with Crippen LogP contribution in [0.4, 0.5) is 0 Å². The number of methoxy groups -OCH3 is 1. The average molecular weight is 317 g/mol. The van der Waals surface area contributed by atoms with Crippen molar-refractivity contribution >= 4 is 23.2 Å². The van der Waals surface area contributed by atoms with E-state index in [1.54, 1.807) is 37.4 Å². The first-order valence-corrected chi connectivity index (χ1v) is 7.28. The third kappa shape index (κ3) is 4.09. The lowest BCUT2D eigenvalue weighted by atomic mass is 10.1. The number of rotatable bonds is 5. The van der Waals surface area contributed by atoms with E-state index in [1.807, 2.05) is 25.1 Å². The average Bonchev–Trinajstić information content (AvgIpc) is 2.55. The van der Waals surface area contributed by atoms with Crippen molar-refractivity contribution in [1.29, 1.82) is 0 Å². The summed E-state index contributed by atoms with van der Waals surface area (Å²) in [6.45, 7) is 1.97. The lowest BCUT2D eigenvalue weighted by molar-refractivity contribution is 0.0954. The topological polar surface area (TPSA) is 50.7 Å². The van der Waals surface area contributed by atoms with Crippen molar-refractivity contribution in [1.82, 2.24) is 5.43 Å². The van der Waals surface area contributed by atoms with Gasteiger partial charge in [0, 0.05) is 10.6 Å². The highest BCUT2D eigenvalue weighted by Crippen LogP contribution is 2.14. The number of benzene rings is 2. The molecule has 0 atom stereocenters. The fourth-order valence-electron chi connectivity index (χ4n) is 1.96. The molecule has 0 fully saturated rings. The summed E-state index contributed by atoms with van der Waals surface area (Å²) >= 11 is 5.98. The standard InChI is InChI=1S/C17H17ClN2O2/c1-3-16(12-6-4-8-14(18)10-12)19-20-17(21)13-7-5-9-15(11-13)22-2/h4-11H,3H2,1-2H3,(H,20,21)/b19-16+. The number of nitrogens with zero attached hydrogens (tertiary/aromatic N) is 1. The van der Waals surface area contributed by atoms with E-state index in [0.29, 0.717) is 22.8 Å². The van der Waals surface area contributed by atoms with Crippen LogP contribution in [0.5, 0.6) is 5.75 Å². The molecular weight excluding hydrogens is 300 g/mol. The minimum Gasteiger partial charge on any atom is -0.497 e. The highest BCUT2D eigenvalue weighted by atomic mass is 35.5. The van der Waals surface area contributed by atoms with E-state index in [9.17, 15) is 4.79 Å². The Morgan fingerprint density at radius 1 is 1.18 bits per heavy atom. The Bertz CT molecular complexity index is 699. The third-order valence-corrected chi connectivity index (χ3v) is 3.35. The second-order valence-corrected chi connectivity index (χ2v) is 5.03. The molecule has 0 bridgehead atoms.